The van der Waals surface area contributed by atoms with E-state index in [9.17, 15) is 9.90 Å². The van der Waals surface area contributed by atoms with E-state index < -0.39 is 5.97 Å². The average molecular weight is 354 g/mol. The van der Waals surface area contributed by atoms with E-state index in [2.05, 4.69) is 48.7 Å². The van der Waals surface area contributed by atoms with Crippen molar-refractivity contribution in [1.29, 1.82) is 0 Å². The number of hydrogen-bond donors (Lipinski definition) is 2. The van der Waals surface area contributed by atoms with Gasteiger partial charge in [-0.25, -0.2) is 4.79 Å². The Balaban J connectivity index is 1.82. The van der Waals surface area contributed by atoms with Crippen LogP contribution in [-0.4, -0.2) is 11.1 Å². The topological polar surface area (TPSA) is 49.3 Å². The van der Waals surface area contributed by atoms with Crippen LogP contribution in [0.25, 0.3) is 0 Å². The van der Waals surface area contributed by atoms with Crippen LogP contribution in [0.1, 0.15) is 52.4 Å². The van der Waals surface area contributed by atoms with Gasteiger partial charge >= 0.3 is 5.97 Å². The molecule has 4 rings (SSSR count). The maximum atomic E-state index is 11.7. The van der Waals surface area contributed by atoms with Gasteiger partial charge < -0.3 is 10.4 Å². The monoisotopic (exact) mass is 353 g/mol. The molecule has 2 N–H and O–H groups in total. The van der Waals surface area contributed by atoms with Crippen LogP contribution in [0.3, 0.4) is 0 Å². The smallest absolute Gasteiger partial charge is 0.336 e. The molecule has 2 aromatic carbocycles. The van der Waals surface area contributed by atoms with Gasteiger partial charge in [-0.05, 0) is 47.6 Å². The van der Waals surface area contributed by atoms with E-state index >= 15 is 0 Å². The van der Waals surface area contributed by atoms with E-state index in [0.29, 0.717) is 16.5 Å². The molecule has 1 aliphatic heterocycles. The van der Waals surface area contributed by atoms with E-state index in [4.69, 9.17) is 11.6 Å². The van der Waals surface area contributed by atoms with Crippen molar-refractivity contribution in [1.82, 2.24) is 0 Å². The Labute approximate surface area is 152 Å². The molecule has 2 aromatic rings. The number of allylic oxidation sites excluding steroid dienone is 2. The maximum absolute atomic E-state index is 11.7. The molecule has 1 heterocycles. The molecule has 128 valence electrons. The highest BCUT2D eigenvalue weighted by molar-refractivity contribution is 6.33. The number of carbonyl (C=O) groups is 1. The number of aryl methyl sites for hydroxylation is 1. The van der Waals surface area contributed by atoms with Crippen LogP contribution in [0.2, 0.25) is 5.02 Å². The quantitative estimate of drug-likeness (QED) is 0.723. The van der Waals surface area contributed by atoms with E-state index in [-0.39, 0.29) is 12.0 Å². The summed E-state index contributed by atoms with van der Waals surface area (Å²) in [5.41, 5.74) is 4.46. The van der Waals surface area contributed by atoms with E-state index in [0.717, 1.165) is 24.1 Å². The SMILES string of the molecule is CCc1ccc([C@@H]2Nc3c(Cl)ccc(C(=O)O)c3[C@H]3C=CC[C@@H]32)cc1. The van der Waals surface area contributed by atoms with Gasteiger partial charge in [0.25, 0.3) is 0 Å². The van der Waals surface area contributed by atoms with Gasteiger partial charge in [0.2, 0.25) is 0 Å². The third kappa shape index (κ3) is 2.63. The average Bonchev–Trinajstić information content (AvgIpc) is 3.11. The molecule has 4 heteroatoms. The fourth-order valence-corrected chi connectivity index (χ4v) is 4.37. The van der Waals surface area contributed by atoms with Gasteiger partial charge in [0.05, 0.1) is 22.3 Å². The molecular weight excluding hydrogens is 334 g/mol. The van der Waals surface area contributed by atoms with E-state index in [1.165, 1.54) is 11.1 Å². The lowest BCUT2D eigenvalue weighted by atomic mass is 9.75. The molecular formula is C21H20ClNO2. The van der Waals surface area contributed by atoms with Crippen LogP contribution in [-0.2, 0) is 6.42 Å². The summed E-state index contributed by atoms with van der Waals surface area (Å²) < 4.78 is 0. The van der Waals surface area contributed by atoms with E-state index in [1.54, 1.807) is 12.1 Å². The summed E-state index contributed by atoms with van der Waals surface area (Å²) in [6.07, 6.45) is 6.25. The van der Waals surface area contributed by atoms with Gasteiger partial charge in [0.1, 0.15) is 0 Å². The van der Waals surface area contributed by atoms with Crippen LogP contribution in [0, 0.1) is 5.92 Å². The molecule has 3 nitrogen and oxygen atoms in total. The fraction of sp³-hybridized carbons (Fsp3) is 0.286. The van der Waals surface area contributed by atoms with Crippen LogP contribution < -0.4 is 5.32 Å². The minimum Gasteiger partial charge on any atom is -0.478 e. The van der Waals surface area contributed by atoms with Crippen LogP contribution in [0.4, 0.5) is 5.69 Å². The molecule has 0 saturated heterocycles. The first-order valence-electron chi connectivity index (χ1n) is 8.68. The molecule has 2 aliphatic rings. The molecule has 0 fully saturated rings. The zero-order valence-electron chi connectivity index (χ0n) is 14.0. The molecule has 0 amide bonds. The lowest BCUT2D eigenvalue weighted by Crippen LogP contribution is -2.30. The summed E-state index contributed by atoms with van der Waals surface area (Å²) in [7, 11) is 0. The normalized spacial score (nSPS) is 23.7. The molecule has 1 aliphatic carbocycles. The Hall–Kier alpha value is -2.26. The summed E-state index contributed by atoms with van der Waals surface area (Å²) in [6.45, 7) is 2.15. The van der Waals surface area contributed by atoms with E-state index in [1.807, 2.05) is 0 Å². The highest BCUT2D eigenvalue weighted by atomic mass is 35.5. The molecule has 25 heavy (non-hydrogen) atoms. The summed E-state index contributed by atoms with van der Waals surface area (Å²) >= 11 is 6.43. The third-order valence-electron chi connectivity index (χ3n) is 5.45. The Morgan fingerprint density at radius 3 is 2.68 bits per heavy atom. The fourth-order valence-electron chi connectivity index (χ4n) is 4.15. The highest BCUT2D eigenvalue weighted by Gasteiger charge is 2.40. The van der Waals surface area contributed by atoms with Gasteiger partial charge in [-0.15, -0.1) is 0 Å². The first-order valence-corrected chi connectivity index (χ1v) is 9.05. The lowest BCUT2D eigenvalue weighted by molar-refractivity contribution is 0.0695. The van der Waals surface area contributed by atoms with Crippen molar-refractivity contribution in [3.05, 3.63) is 75.8 Å². The summed E-state index contributed by atoms with van der Waals surface area (Å²) in [5, 5.41) is 13.7. The van der Waals surface area contributed by atoms with Crippen molar-refractivity contribution in [2.45, 2.75) is 31.7 Å². The number of benzene rings is 2. The number of aromatic carboxylic acids is 1. The second kappa shape index (κ2) is 6.23. The summed E-state index contributed by atoms with van der Waals surface area (Å²) in [5.74, 6) is -0.520. The standard InChI is InChI=1S/C21H20ClNO2/c1-2-12-6-8-13(9-7-12)19-15-5-3-4-14(15)18-16(21(24)25)10-11-17(22)20(18)23-19/h3-4,6-11,14-15,19,23H,2,5H2,1H3,(H,24,25)/t14-,15-,19-/m0/s1. The van der Waals surface area contributed by atoms with Crippen molar-refractivity contribution in [3.63, 3.8) is 0 Å². The van der Waals surface area contributed by atoms with Crippen LogP contribution in [0.5, 0.6) is 0 Å². The van der Waals surface area contributed by atoms with Crippen molar-refractivity contribution < 1.29 is 9.90 Å². The van der Waals surface area contributed by atoms with Gasteiger partial charge in [-0.2, -0.15) is 0 Å². The largest absolute Gasteiger partial charge is 0.478 e. The number of nitrogens with one attached hydrogen (secondary N) is 1. The number of rotatable bonds is 3. The second-order valence-electron chi connectivity index (χ2n) is 6.76. The molecule has 0 radical (unpaired) electrons. The molecule has 3 atom stereocenters. The Morgan fingerprint density at radius 1 is 1.24 bits per heavy atom. The Bertz CT molecular complexity index is 857. The van der Waals surface area contributed by atoms with Crippen molar-refractivity contribution in [2.24, 2.45) is 5.92 Å². The zero-order valence-corrected chi connectivity index (χ0v) is 14.8. The number of halogens is 1. The highest BCUT2D eigenvalue weighted by Crippen LogP contribution is 2.52. The predicted molar refractivity (Wildman–Crippen MR) is 101 cm³/mol. The Morgan fingerprint density at radius 2 is 2.00 bits per heavy atom. The van der Waals surface area contributed by atoms with Gasteiger partial charge in [-0.1, -0.05) is 54.9 Å². The second-order valence-corrected chi connectivity index (χ2v) is 7.17. The molecule has 0 saturated carbocycles. The van der Waals surface area contributed by atoms with Crippen LogP contribution in [0.15, 0.2) is 48.6 Å². The Kier molecular flexibility index (Phi) is 4.04. The number of carboxylic acid groups (broad SMARTS) is 1. The maximum Gasteiger partial charge on any atom is 0.336 e. The molecule has 0 bridgehead atoms. The predicted octanol–water partition coefficient (Wildman–Crippen LogP) is 5.43. The minimum absolute atomic E-state index is 0.0805. The number of anilines is 1. The number of fused-ring (bicyclic) bond motifs is 3. The molecule has 0 aromatic heterocycles. The number of carboxylic acids is 1. The zero-order chi connectivity index (χ0) is 17.6. The third-order valence-corrected chi connectivity index (χ3v) is 5.76. The van der Waals surface area contributed by atoms with Gasteiger partial charge in [0.15, 0.2) is 0 Å². The van der Waals surface area contributed by atoms with Gasteiger partial charge in [0, 0.05) is 5.92 Å². The van der Waals surface area contributed by atoms with Crippen molar-refractivity contribution >= 4 is 23.3 Å². The first-order chi connectivity index (χ1) is 12.1. The first kappa shape index (κ1) is 16.2. The molecule has 0 unspecified atom stereocenters. The van der Waals surface area contributed by atoms with Gasteiger partial charge in [-0.3, -0.25) is 0 Å². The van der Waals surface area contributed by atoms with Crippen LogP contribution >= 0.6 is 11.6 Å². The van der Waals surface area contributed by atoms with Crippen molar-refractivity contribution in [2.75, 3.05) is 5.32 Å². The minimum atomic E-state index is -0.903. The summed E-state index contributed by atoms with van der Waals surface area (Å²) in [6, 6.07) is 12.1. The summed E-state index contributed by atoms with van der Waals surface area (Å²) in [4.78, 5) is 11.7. The van der Waals surface area contributed by atoms with Crippen molar-refractivity contribution in [3.8, 4) is 0 Å². The number of hydrogen-bond acceptors (Lipinski definition) is 2. The molecule has 0 spiro atoms. The lowest BCUT2D eigenvalue weighted by Gasteiger charge is -2.38.